The first kappa shape index (κ1) is 15.3. The van der Waals surface area contributed by atoms with Gasteiger partial charge in [-0.25, -0.2) is 0 Å². The number of benzene rings is 2. The molecule has 4 heteroatoms. The molecular weight excluding hydrogens is 320 g/mol. The Morgan fingerprint density at radius 3 is 2.67 bits per heavy atom. The third kappa shape index (κ3) is 2.93. The van der Waals surface area contributed by atoms with Crippen LogP contribution in [0.25, 0.3) is 5.69 Å². The van der Waals surface area contributed by atoms with Gasteiger partial charge in [0.1, 0.15) is 0 Å². The van der Waals surface area contributed by atoms with Crippen LogP contribution in [-0.2, 0) is 4.74 Å². The van der Waals surface area contributed by atoms with Gasteiger partial charge >= 0.3 is 0 Å². The molecule has 2 aromatic carbocycles. The summed E-state index contributed by atoms with van der Waals surface area (Å²) in [5, 5.41) is 0.746. The highest BCUT2D eigenvalue weighted by molar-refractivity contribution is 6.30. The average molecular weight is 339 g/mol. The van der Waals surface area contributed by atoms with E-state index >= 15 is 0 Å². The normalized spacial score (nSPS) is 17.4. The Balaban J connectivity index is 1.62. The fourth-order valence-corrected chi connectivity index (χ4v) is 3.28. The predicted octanol–water partition coefficient (Wildman–Crippen LogP) is 4.97. The van der Waals surface area contributed by atoms with Crippen LogP contribution in [-0.4, -0.2) is 17.7 Å². The Morgan fingerprint density at radius 1 is 1.04 bits per heavy atom. The third-order valence-electron chi connectivity index (χ3n) is 4.35. The van der Waals surface area contributed by atoms with Crippen molar-refractivity contribution >= 4 is 17.3 Å². The second kappa shape index (κ2) is 6.34. The molecule has 0 unspecified atom stereocenters. The summed E-state index contributed by atoms with van der Waals surface area (Å²) in [7, 11) is 0. The van der Waals surface area contributed by atoms with Gasteiger partial charge in [0.15, 0.2) is 6.23 Å². The maximum atomic E-state index is 6.01. The quantitative estimate of drug-likeness (QED) is 0.670. The van der Waals surface area contributed by atoms with E-state index in [1.54, 1.807) is 0 Å². The first-order valence-corrected chi connectivity index (χ1v) is 8.47. The maximum absolute atomic E-state index is 6.01. The molecule has 4 rings (SSSR count). The highest BCUT2D eigenvalue weighted by Crippen LogP contribution is 2.33. The van der Waals surface area contributed by atoms with Gasteiger partial charge in [0.2, 0.25) is 0 Å². The van der Waals surface area contributed by atoms with Crippen LogP contribution >= 0.6 is 11.6 Å². The number of hydrogen-bond acceptors (Lipinski definition) is 2. The molecule has 0 saturated carbocycles. The molecule has 0 N–H and O–H groups in total. The van der Waals surface area contributed by atoms with Gasteiger partial charge in [0.05, 0.1) is 6.61 Å². The summed E-state index contributed by atoms with van der Waals surface area (Å²) >= 11 is 5.97. The van der Waals surface area contributed by atoms with Gasteiger partial charge < -0.3 is 14.2 Å². The zero-order chi connectivity index (χ0) is 16.5. The number of nitrogens with zero attached hydrogens (tertiary/aromatic N) is 2. The van der Waals surface area contributed by atoms with Crippen molar-refractivity contribution in [3.8, 4) is 5.69 Å². The van der Waals surface area contributed by atoms with E-state index in [1.165, 1.54) is 11.3 Å². The van der Waals surface area contributed by atoms with Crippen LogP contribution in [0.3, 0.4) is 0 Å². The monoisotopic (exact) mass is 338 g/mol. The number of aromatic nitrogens is 1. The lowest BCUT2D eigenvalue weighted by Crippen LogP contribution is -2.23. The van der Waals surface area contributed by atoms with Crippen LogP contribution in [0.4, 0.5) is 5.69 Å². The van der Waals surface area contributed by atoms with Gasteiger partial charge in [-0.05, 0) is 55.0 Å². The lowest BCUT2D eigenvalue weighted by Gasteiger charge is -2.25. The van der Waals surface area contributed by atoms with Gasteiger partial charge in [0, 0.05) is 40.9 Å². The highest BCUT2D eigenvalue weighted by atomic mass is 35.5. The summed E-state index contributed by atoms with van der Waals surface area (Å²) in [6, 6.07) is 18.5. The van der Waals surface area contributed by atoms with Crippen molar-refractivity contribution in [1.29, 1.82) is 0 Å². The Bertz CT molecular complexity index is 841. The number of ether oxygens (including phenoxy) is 1. The Labute approximate surface area is 147 Å². The molecule has 1 saturated heterocycles. The van der Waals surface area contributed by atoms with Crippen LogP contribution in [0.15, 0.2) is 67.0 Å². The summed E-state index contributed by atoms with van der Waals surface area (Å²) in [6.45, 7) is 3.76. The Morgan fingerprint density at radius 2 is 1.88 bits per heavy atom. The molecule has 0 amide bonds. The van der Waals surface area contributed by atoms with Gasteiger partial charge in [-0.15, -0.1) is 0 Å². The van der Waals surface area contributed by atoms with Crippen molar-refractivity contribution in [2.75, 3.05) is 18.1 Å². The fraction of sp³-hybridized carbons (Fsp3) is 0.200. The molecule has 3 aromatic rings. The van der Waals surface area contributed by atoms with Gasteiger partial charge in [-0.2, -0.15) is 0 Å². The van der Waals surface area contributed by atoms with E-state index in [1.807, 2.05) is 24.3 Å². The largest absolute Gasteiger partial charge is 0.352 e. The van der Waals surface area contributed by atoms with E-state index in [0.29, 0.717) is 0 Å². The minimum atomic E-state index is -0.0413. The first-order chi connectivity index (χ1) is 11.7. The zero-order valence-electron chi connectivity index (χ0n) is 13.5. The summed E-state index contributed by atoms with van der Waals surface area (Å²) in [5.74, 6) is 0. The summed E-state index contributed by atoms with van der Waals surface area (Å²) < 4.78 is 8.10. The summed E-state index contributed by atoms with van der Waals surface area (Å²) in [5.41, 5.74) is 4.71. The van der Waals surface area contributed by atoms with E-state index in [9.17, 15) is 0 Å². The second-order valence-electron chi connectivity index (χ2n) is 6.08. The van der Waals surface area contributed by atoms with E-state index < -0.39 is 0 Å². The molecule has 1 atom stereocenters. The van der Waals surface area contributed by atoms with Crippen molar-refractivity contribution in [3.05, 3.63) is 83.1 Å². The van der Waals surface area contributed by atoms with Crippen LogP contribution in [0.5, 0.6) is 0 Å². The molecular formula is C20H19ClN2O. The van der Waals surface area contributed by atoms with Crippen molar-refractivity contribution in [2.45, 2.75) is 13.2 Å². The minimum Gasteiger partial charge on any atom is -0.352 e. The molecule has 3 nitrogen and oxygen atoms in total. The topological polar surface area (TPSA) is 17.4 Å². The van der Waals surface area contributed by atoms with Crippen molar-refractivity contribution in [1.82, 2.24) is 4.57 Å². The SMILES string of the molecule is Cc1cccc(N2CCO[C@H]2c2ccn(-c3ccc(Cl)cc3)c2)c1. The highest BCUT2D eigenvalue weighted by Gasteiger charge is 2.27. The first-order valence-electron chi connectivity index (χ1n) is 8.09. The molecule has 24 heavy (non-hydrogen) atoms. The van der Waals surface area contributed by atoms with Gasteiger partial charge in [0.25, 0.3) is 0 Å². The van der Waals surface area contributed by atoms with Crippen molar-refractivity contribution in [2.24, 2.45) is 0 Å². The van der Waals surface area contributed by atoms with E-state index in [-0.39, 0.29) is 6.23 Å². The number of aryl methyl sites for hydroxylation is 1. The van der Waals surface area contributed by atoms with Crippen LogP contribution in [0.1, 0.15) is 17.4 Å². The lowest BCUT2D eigenvalue weighted by atomic mass is 10.2. The molecule has 0 spiro atoms. The number of hydrogen-bond donors (Lipinski definition) is 0. The summed E-state index contributed by atoms with van der Waals surface area (Å²) in [6.07, 6.45) is 4.15. The van der Waals surface area contributed by atoms with E-state index in [2.05, 4.69) is 59.1 Å². The summed E-state index contributed by atoms with van der Waals surface area (Å²) in [4.78, 5) is 2.31. The molecule has 2 heterocycles. The van der Waals surface area contributed by atoms with Crippen LogP contribution in [0, 0.1) is 6.92 Å². The number of anilines is 1. The number of halogens is 1. The van der Waals surface area contributed by atoms with Gasteiger partial charge in [-0.3, -0.25) is 0 Å². The Hall–Kier alpha value is -2.23. The smallest absolute Gasteiger partial charge is 0.158 e. The van der Waals surface area contributed by atoms with Gasteiger partial charge in [-0.1, -0.05) is 23.7 Å². The third-order valence-corrected chi connectivity index (χ3v) is 4.60. The Kier molecular flexibility index (Phi) is 4.05. The minimum absolute atomic E-state index is 0.0413. The predicted molar refractivity (Wildman–Crippen MR) is 98.0 cm³/mol. The standard InChI is InChI=1S/C20H19ClN2O/c1-15-3-2-4-19(13-15)23-11-12-24-20(23)16-9-10-22(14-16)18-7-5-17(21)6-8-18/h2-10,13-14,20H,11-12H2,1H3/t20-/m0/s1. The van der Waals surface area contributed by atoms with Crippen LogP contribution < -0.4 is 4.90 Å². The molecule has 1 aliphatic heterocycles. The van der Waals surface area contributed by atoms with Crippen molar-refractivity contribution in [3.63, 3.8) is 0 Å². The molecule has 1 fully saturated rings. The average Bonchev–Trinajstić information content (AvgIpc) is 3.24. The van der Waals surface area contributed by atoms with E-state index in [0.717, 1.165) is 29.4 Å². The fourth-order valence-electron chi connectivity index (χ4n) is 3.15. The van der Waals surface area contributed by atoms with E-state index in [4.69, 9.17) is 16.3 Å². The second-order valence-corrected chi connectivity index (χ2v) is 6.52. The maximum Gasteiger partial charge on any atom is 0.158 e. The molecule has 122 valence electrons. The molecule has 1 aromatic heterocycles. The molecule has 0 aliphatic carbocycles. The molecule has 1 aliphatic rings. The van der Waals surface area contributed by atoms with Crippen LogP contribution in [0.2, 0.25) is 5.02 Å². The zero-order valence-corrected chi connectivity index (χ0v) is 14.3. The molecule has 0 radical (unpaired) electrons. The lowest BCUT2D eigenvalue weighted by molar-refractivity contribution is 0.114. The van der Waals surface area contributed by atoms with Crippen molar-refractivity contribution < 1.29 is 4.74 Å². The molecule has 0 bridgehead atoms. The number of rotatable bonds is 3.